The molecular weight excluding hydrogens is 432 g/mol. The average molecular weight is 469 g/mol. The SMILES string of the molecule is CC(C)C(NC(=O)CCCCCN1C(=O)CCC1=O)C(=O)NC(CCCNC(N)=O)C(N)=O. The number of nitrogens with one attached hydrogen (secondary N) is 3. The Labute approximate surface area is 193 Å². The quantitative estimate of drug-likeness (QED) is 0.155. The minimum Gasteiger partial charge on any atom is -0.368 e. The number of amides is 7. The normalized spacial score (nSPS) is 15.3. The van der Waals surface area contributed by atoms with E-state index < -0.39 is 29.9 Å². The third-order valence-electron chi connectivity index (χ3n) is 5.33. The highest BCUT2D eigenvalue weighted by Crippen LogP contribution is 2.13. The molecule has 0 aromatic rings. The third kappa shape index (κ3) is 10.3. The molecule has 0 bridgehead atoms. The second kappa shape index (κ2) is 14.1. The topological polar surface area (TPSA) is 194 Å². The van der Waals surface area contributed by atoms with Crippen LogP contribution in [0.5, 0.6) is 0 Å². The number of nitrogens with two attached hydrogens (primary N) is 2. The molecule has 0 aliphatic carbocycles. The number of primary amides is 2. The van der Waals surface area contributed by atoms with Gasteiger partial charge in [0, 0.05) is 32.4 Å². The molecule has 0 saturated carbocycles. The molecule has 1 aliphatic rings. The van der Waals surface area contributed by atoms with E-state index in [0.717, 1.165) is 0 Å². The molecule has 1 rings (SSSR count). The Hall–Kier alpha value is -3.18. The number of rotatable bonds is 15. The van der Waals surface area contributed by atoms with Gasteiger partial charge in [-0.25, -0.2) is 4.79 Å². The molecule has 33 heavy (non-hydrogen) atoms. The fraction of sp³-hybridized carbons (Fsp3) is 0.714. The summed E-state index contributed by atoms with van der Waals surface area (Å²) in [6.07, 6.45) is 3.13. The van der Waals surface area contributed by atoms with Crippen LogP contribution < -0.4 is 27.4 Å². The van der Waals surface area contributed by atoms with Gasteiger partial charge in [-0.15, -0.1) is 0 Å². The maximum absolute atomic E-state index is 12.7. The van der Waals surface area contributed by atoms with Crippen molar-refractivity contribution >= 4 is 35.6 Å². The first-order chi connectivity index (χ1) is 15.5. The lowest BCUT2D eigenvalue weighted by molar-refractivity contribution is -0.138. The minimum absolute atomic E-state index is 0.151. The van der Waals surface area contributed by atoms with E-state index in [0.29, 0.717) is 32.2 Å². The van der Waals surface area contributed by atoms with Crippen molar-refractivity contribution in [1.29, 1.82) is 0 Å². The minimum atomic E-state index is -0.943. The van der Waals surface area contributed by atoms with Crippen molar-refractivity contribution in [2.24, 2.45) is 17.4 Å². The van der Waals surface area contributed by atoms with Crippen LogP contribution in [0.4, 0.5) is 4.79 Å². The summed E-state index contributed by atoms with van der Waals surface area (Å²) in [7, 11) is 0. The van der Waals surface area contributed by atoms with Crippen molar-refractivity contribution in [3.8, 4) is 0 Å². The summed E-state index contributed by atoms with van der Waals surface area (Å²) in [5.41, 5.74) is 10.3. The fourth-order valence-electron chi connectivity index (χ4n) is 3.45. The maximum atomic E-state index is 12.7. The van der Waals surface area contributed by atoms with Crippen LogP contribution in [0.1, 0.15) is 65.2 Å². The van der Waals surface area contributed by atoms with Crippen molar-refractivity contribution in [2.45, 2.75) is 77.3 Å². The third-order valence-corrected chi connectivity index (χ3v) is 5.33. The van der Waals surface area contributed by atoms with E-state index >= 15 is 0 Å². The number of imide groups is 1. The monoisotopic (exact) mass is 468 g/mol. The van der Waals surface area contributed by atoms with Gasteiger partial charge in [0.15, 0.2) is 0 Å². The molecule has 1 fully saturated rings. The Morgan fingerprint density at radius 2 is 1.58 bits per heavy atom. The van der Waals surface area contributed by atoms with Crippen molar-refractivity contribution in [3.63, 3.8) is 0 Å². The van der Waals surface area contributed by atoms with Crippen LogP contribution >= 0.6 is 0 Å². The van der Waals surface area contributed by atoms with E-state index in [1.165, 1.54) is 4.90 Å². The number of hydrogen-bond donors (Lipinski definition) is 5. The van der Waals surface area contributed by atoms with Crippen molar-refractivity contribution in [2.75, 3.05) is 13.1 Å². The number of likely N-dealkylation sites (tertiary alicyclic amines) is 1. The highest BCUT2D eigenvalue weighted by atomic mass is 16.2. The van der Waals surface area contributed by atoms with Gasteiger partial charge in [-0.1, -0.05) is 20.3 Å². The molecule has 1 saturated heterocycles. The van der Waals surface area contributed by atoms with Gasteiger partial charge in [0.05, 0.1) is 0 Å². The van der Waals surface area contributed by atoms with E-state index in [-0.39, 0.29) is 55.9 Å². The second-order valence-electron chi connectivity index (χ2n) is 8.44. The van der Waals surface area contributed by atoms with Gasteiger partial charge >= 0.3 is 6.03 Å². The summed E-state index contributed by atoms with van der Waals surface area (Å²) in [6.45, 7) is 4.13. The van der Waals surface area contributed by atoms with Gasteiger partial charge in [0.25, 0.3) is 0 Å². The van der Waals surface area contributed by atoms with Crippen LogP contribution in [0.2, 0.25) is 0 Å². The van der Waals surface area contributed by atoms with Gasteiger partial charge in [0.2, 0.25) is 29.5 Å². The Bertz CT molecular complexity index is 725. The van der Waals surface area contributed by atoms with E-state index in [1.54, 1.807) is 13.8 Å². The van der Waals surface area contributed by atoms with Crippen LogP contribution in [0.25, 0.3) is 0 Å². The Morgan fingerprint density at radius 1 is 0.939 bits per heavy atom. The van der Waals surface area contributed by atoms with Crippen LogP contribution in [-0.2, 0) is 24.0 Å². The molecule has 0 spiro atoms. The number of carbonyl (C=O) groups is 6. The number of carbonyl (C=O) groups excluding carboxylic acids is 6. The van der Waals surface area contributed by atoms with Crippen LogP contribution in [0.15, 0.2) is 0 Å². The molecule has 7 amide bonds. The molecule has 1 aliphatic heterocycles. The molecule has 7 N–H and O–H groups in total. The van der Waals surface area contributed by atoms with Crippen LogP contribution in [-0.4, -0.2) is 65.6 Å². The molecule has 0 radical (unpaired) electrons. The molecule has 2 unspecified atom stereocenters. The lowest BCUT2D eigenvalue weighted by atomic mass is 10.0. The van der Waals surface area contributed by atoms with E-state index in [4.69, 9.17) is 11.5 Å². The predicted molar refractivity (Wildman–Crippen MR) is 119 cm³/mol. The highest BCUT2D eigenvalue weighted by molar-refractivity contribution is 6.01. The second-order valence-corrected chi connectivity index (χ2v) is 8.44. The predicted octanol–water partition coefficient (Wildman–Crippen LogP) is -0.745. The molecule has 12 heteroatoms. The van der Waals surface area contributed by atoms with Gasteiger partial charge in [-0.05, 0) is 31.6 Å². The van der Waals surface area contributed by atoms with E-state index in [2.05, 4.69) is 16.0 Å². The lowest BCUT2D eigenvalue weighted by Gasteiger charge is -2.24. The zero-order chi connectivity index (χ0) is 25.0. The fourth-order valence-corrected chi connectivity index (χ4v) is 3.45. The average Bonchev–Trinajstić information content (AvgIpc) is 3.05. The highest BCUT2D eigenvalue weighted by Gasteiger charge is 2.29. The molecule has 1 heterocycles. The van der Waals surface area contributed by atoms with Crippen molar-refractivity contribution < 1.29 is 28.8 Å². The number of nitrogens with zero attached hydrogens (tertiary/aromatic N) is 1. The zero-order valence-electron chi connectivity index (χ0n) is 19.4. The summed E-state index contributed by atoms with van der Waals surface area (Å²) in [6, 6.07) is -2.47. The summed E-state index contributed by atoms with van der Waals surface area (Å²) in [5.74, 6) is -2.07. The summed E-state index contributed by atoms with van der Waals surface area (Å²) in [4.78, 5) is 71.8. The van der Waals surface area contributed by atoms with Crippen molar-refractivity contribution in [1.82, 2.24) is 20.9 Å². The lowest BCUT2D eigenvalue weighted by Crippen LogP contribution is -2.54. The first-order valence-corrected chi connectivity index (χ1v) is 11.3. The Balaban J connectivity index is 2.42. The number of hydrogen-bond acceptors (Lipinski definition) is 6. The summed E-state index contributed by atoms with van der Waals surface area (Å²) < 4.78 is 0. The first-order valence-electron chi connectivity index (χ1n) is 11.3. The molecule has 2 atom stereocenters. The van der Waals surface area contributed by atoms with E-state index in [9.17, 15) is 28.8 Å². The first kappa shape index (κ1) is 27.9. The molecular formula is C21H36N6O6. The number of unbranched alkanes of at least 4 members (excludes halogenated alkanes) is 2. The molecule has 0 aromatic heterocycles. The van der Waals surface area contributed by atoms with Gasteiger partial charge in [0.1, 0.15) is 12.1 Å². The number of urea groups is 1. The van der Waals surface area contributed by atoms with Gasteiger partial charge in [-0.3, -0.25) is 28.9 Å². The Kier molecular flexibility index (Phi) is 11.9. The standard InChI is InChI=1S/C21H36N6O6/c1-13(2)18(20(32)25-14(19(22)31)7-6-11-24-21(23)33)26-15(28)8-4-3-5-12-27-16(29)9-10-17(27)30/h13-14,18H,3-12H2,1-2H3,(H2,22,31)(H,25,32)(H,26,28)(H3,23,24,33). The Morgan fingerprint density at radius 3 is 2.12 bits per heavy atom. The molecule has 186 valence electrons. The molecule has 12 nitrogen and oxygen atoms in total. The largest absolute Gasteiger partial charge is 0.368 e. The van der Waals surface area contributed by atoms with Gasteiger partial charge in [-0.2, -0.15) is 0 Å². The zero-order valence-corrected chi connectivity index (χ0v) is 19.4. The smallest absolute Gasteiger partial charge is 0.312 e. The van der Waals surface area contributed by atoms with E-state index in [1.807, 2.05) is 0 Å². The van der Waals surface area contributed by atoms with Gasteiger partial charge < -0.3 is 27.4 Å². The van der Waals surface area contributed by atoms with Crippen molar-refractivity contribution in [3.05, 3.63) is 0 Å². The van der Waals surface area contributed by atoms with Crippen LogP contribution in [0.3, 0.4) is 0 Å². The maximum Gasteiger partial charge on any atom is 0.312 e. The summed E-state index contributed by atoms with van der Waals surface area (Å²) in [5, 5.41) is 7.65. The van der Waals surface area contributed by atoms with Crippen LogP contribution in [0, 0.1) is 5.92 Å². The summed E-state index contributed by atoms with van der Waals surface area (Å²) >= 11 is 0. The molecule has 0 aromatic carbocycles.